The zero-order chi connectivity index (χ0) is 21.2. The number of aromatic nitrogens is 6. The fraction of sp³-hybridized carbons (Fsp3) is 0.0435. The van der Waals surface area contributed by atoms with Crippen molar-refractivity contribution in [2.24, 2.45) is 0 Å². The van der Waals surface area contributed by atoms with Gasteiger partial charge in [0.1, 0.15) is 11.4 Å². The molecular formula is C23H18N6O2. The van der Waals surface area contributed by atoms with Gasteiger partial charge in [-0.15, -0.1) is 0 Å². The predicted molar refractivity (Wildman–Crippen MR) is 116 cm³/mol. The first-order valence-corrected chi connectivity index (χ1v) is 9.63. The molecule has 3 heterocycles. The van der Waals surface area contributed by atoms with Gasteiger partial charge in [0.2, 0.25) is 5.43 Å². The highest BCUT2D eigenvalue weighted by Gasteiger charge is 2.15. The highest BCUT2D eigenvalue weighted by Crippen LogP contribution is 2.26. The average Bonchev–Trinajstić information content (AvgIpc) is 3.52. The van der Waals surface area contributed by atoms with E-state index < -0.39 is 0 Å². The standard InChI is InChI=1S/C23H18N6O2/c1-31-22-16-18(27-14-5-12-24-27)8-9-19(22)28-15-11-21(30)23(26-28)20-10-13-25-29(20)17-6-3-2-4-7-17/h2-16H,1H3. The second-order valence-corrected chi connectivity index (χ2v) is 6.74. The summed E-state index contributed by atoms with van der Waals surface area (Å²) in [4.78, 5) is 12.7. The monoisotopic (exact) mass is 410 g/mol. The Morgan fingerprint density at radius 3 is 2.45 bits per heavy atom. The molecule has 3 aromatic heterocycles. The van der Waals surface area contributed by atoms with Gasteiger partial charge in [0, 0.05) is 30.7 Å². The number of methoxy groups -OCH3 is 1. The van der Waals surface area contributed by atoms with Crippen molar-refractivity contribution in [2.45, 2.75) is 0 Å². The molecule has 0 spiro atoms. The number of ether oxygens (including phenoxy) is 1. The van der Waals surface area contributed by atoms with Gasteiger partial charge >= 0.3 is 0 Å². The van der Waals surface area contributed by atoms with E-state index in [0.29, 0.717) is 22.8 Å². The first kappa shape index (κ1) is 18.6. The Morgan fingerprint density at radius 1 is 0.806 bits per heavy atom. The van der Waals surface area contributed by atoms with Gasteiger partial charge in [-0.25, -0.2) is 14.0 Å². The molecule has 8 nitrogen and oxygen atoms in total. The molecular weight excluding hydrogens is 392 g/mol. The maximum absolute atomic E-state index is 12.7. The fourth-order valence-corrected chi connectivity index (χ4v) is 3.40. The van der Waals surface area contributed by atoms with Crippen LogP contribution in [0.4, 0.5) is 0 Å². The zero-order valence-electron chi connectivity index (χ0n) is 16.7. The van der Waals surface area contributed by atoms with Crippen LogP contribution in [0.3, 0.4) is 0 Å². The SMILES string of the molecule is COc1cc(-n2cccn2)ccc1-n1ccc(=O)c(-c2ccnn2-c2ccccc2)n1. The Balaban J connectivity index is 1.61. The summed E-state index contributed by atoms with van der Waals surface area (Å²) in [6, 6.07) is 20.4. The third-order valence-corrected chi connectivity index (χ3v) is 4.87. The molecule has 152 valence electrons. The summed E-state index contributed by atoms with van der Waals surface area (Å²) < 4.78 is 10.7. The molecule has 8 heteroatoms. The summed E-state index contributed by atoms with van der Waals surface area (Å²) in [5.74, 6) is 0.603. The molecule has 0 saturated carbocycles. The minimum Gasteiger partial charge on any atom is -0.494 e. The van der Waals surface area contributed by atoms with Crippen LogP contribution in [0.25, 0.3) is 28.5 Å². The molecule has 0 unspecified atom stereocenters. The fourth-order valence-electron chi connectivity index (χ4n) is 3.40. The highest BCUT2D eigenvalue weighted by atomic mass is 16.5. The van der Waals surface area contributed by atoms with Gasteiger partial charge < -0.3 is 4.74 Å². The quantitative estimate of drug-likeness (QED) is 0.444. The lowest BCUT2D eigenvalue weighted by atomic mass is 10.2. The van der Waals surface area contributed by atoms with Crippen LogP contribution in [0.15, 0.2) is 96.3 Å². The molecule has 0 aliphatic carbocycles. The molecule has 0 saturated heterocycles. The Labute approximate surface area is 177 Å². The van der Waals surface area contributed by atoms with Crippen LogP contribution in [0.1, 0.15) is 0 Å². The van der Waals surface area contributed by atoms with Gasteiger partial charge in [0.15, 0.2) is 5.69 Å². The third-order valence-electron chi connectivity index (χ3n) is 4.87. The minimum atomic E-state index is -0.193. The molecule has 0 aliphatic heterocycles. The molecule has 5 aromatic rings. The van der Waals surface area contributed by atoms with Crippen LogP contribution >= 0.6 is 0 Å². The van der Waals surface area contributed by atoms with Crippen LogP contribution in [0, 0.1) is 0 Å². The van der Waals surface area contributed by atoms with E-state index >= 15 is 0 Å². The number of benzene rings is 2. The van der Waals surface area contributed by atoms with Crippen LogP contribution in [-0.4, -0.2) is 36.5 Å². The van der Waals surface area contributed by atoms with E-state index in [1.165, 1.54) is 6.07 Å². The summed E-state index contributed by atoms with van der Waals surface area (Å²) in [5.41, 5.74) is 3.11. The summed E-state index contributed by atoms with van der Waals surface area (Å²) in [7, 11) is 1.60. The van der Waals surface area contributed by atoms with E-state index in [-0.39, 0.29) is 5.43 Å². The summed E-state index contributed by atoms with van der Waals surface area (Å²) in [6.45, 7) is 0. The molecule has 0 aliphatic rings. The lowest BCUT2D eigenvalue weighted by molar-refractivity contribution is 0.411. The normalized spacial score (nSPS) is 10.9. The van der Waals surface area contributed by atoms with Crippen LogP contribution in [0.5, 0.6) is 5.75 Å². The van der Waals surface area contributed by atoms with Crippen molar-refractivity contribution in [1.82, 2.24) is 29.3 Å². The maximum atomic E-state index is 12.7. The van der Waals surface area contributed by atoms with Gasteiger partial charge in [-0.05, 0) is 36.4 Å². The molecule has 0 N–H and O–H groups in total. The van der Waals surface area contributed by atoms with E-state index in [1.54, 1.807) is 45.8 Å². The molecule has 31 heavy (non-hydrogen) atoms. The molecule has 0 radical (unpaired) electrons. The van der Waals surface area contributed by atoms with Gasteiger partial charge in [0.25, 0.3) is 0 Å². The molecule has 0 fully saturated rings. The molecule has 0 atom stereocenters. The van der Waals surface area contributed by atoms with E-state index in [4.69, 9.17) is 4.74 Å². The molecule has 0 amide bonds. The second-order valence-electron chi connectivity index (χ2n) is 6.74. The molecule has 0 bridgehead atoms. The summed E-state index contributed by atoms with van der Waals surface area (Å²) >= 11 is 0. The van der Waals surface area contributed by atoms with Crippen LogP contribution in [-0.2, 0) is 0 Å². The van der Waals surface area contributed by atoms with Crippen molar-refractivity contribution in [2.75, 3.05) is 7.11 Å². The van der Waals surface area contributed by atoms with E-state index in [2.05, 4.69) is 15.3 Å². The van der Waals surface area contributed by atoms with Gasteiger partial charge in [-0.2, -0.15) is 15.3 Å². The van der Waals surface area contributed by atoms with E-state index in [9.17, 15) is 4.79 Å². The number of hydrogen-bond acceptors (Lipinski definition) is 5. The van der Waals surface area contributed by atoms with Gasteiger partial charge in [-0.3, -0.25) is 4.79 Å². The van der Waals surface area contributed by atoms with Crippen molar-refractivity contribution in [1.29, 1.82) is 0 Å². The summed E-state index contributed by atoms with van der Waals surface area (Å²) in [5, 5.41) is 13.2. The molecule has 2 aromatic carbocycles. The first-order chi connectivity index (χ1) is 15.2. The van der Waals surface area contributed by atoms with Crippen molar-refractivity contribution < 1.29 is 4.74 Å². The topological polar surface area (TPSA) is 79.8 Å². The van der Waals surface area contributed by atoms with Gasteiger partial charge in [0.05, 0.1) is 30.4 Å². The number of para-hydroxylation sites is 1. The van der Waals surface area contributed by atoms with Crippen molar-refractivity contribution in [3.8, 4) is 34.2 Å². The van der Waals surface area contributed by atoms with Crippen molar-refractivity contribution in [3.63, 3.8) is 0 Å². The largest absolute Gasteiger partial charge is 0.494 e. The Bertz CT molecular complexity index is 1390. The second kappa shape index (κ2) is 7.75. The highest BCUT2D eigenvalue weighted by molar-refractivity contribution is 5.58. The smallest absolute Gasteiger partial charge is 0.209 e. The van der Waals surface area contributed by atoms with Crippen molar-refractivity contribution in [3.05, 3.63) is 102 Å². The number of nitrogens with zero attached hydrogens (tertiary/aromatic N) is 6. The van der Waals surface area contributed by atoms with Crippen LogP contribution in [0.2, 0.25) is 0 Å². The van der Waals surface area contributed by atoms with E-state index in [1.807, 2.05) is 60.8 Å². The predicted octanol–water partition coefficient (Wildman–Crippen LogP) is 3.28. The van der Waals surface area contributed by atoms with E-state index in [0.717, 1.165) is 11.4 Å². The average molecular weight is 410 g/mol. The Morgan fingerprint density at radius 2 is 1.68 bits per heavy atom. The Kier molecular flexibility index (Phi) is 4.64. The zero-order valence-corrected chi connectivity index (χ0v) is 16.7. The summed E-state index contributed by atoms with van der Waals surface area (Å²) in [6.07, 6.45) is 6.85. The third kappa shape index (κ3) is 3.40. The lowest BCUT2D eigenvalue weighted by Gasteiger charge is -2.14. The lowest BCUT2D eigenvalue weighted by Crippen LogP contribution is -2.15. The van der Waals surface area contributed by atoms with Crippen LogP contribution < -0.4 is 10.2 Å². The van der Waals surface area contributed by atoms with Gasteiger partial charge in [-0.1, -0.05) is 18.2 Å². The Hall–Kier alpha value is -4.46. The van der Waals surface area contributed by atoms with Crippen molar-refractivity contribution >= 4 is 0 Å². The maximum Gasteiger partial charge on any atom is 0.209 e. The number of rotatable bonds is 5. The number of hydrogen-bond donors (Lipinski definition) is 0. The first-order valence-electron chi connectivity index (χ1n) is 9.63. The minimum absolute atomic E-state index is 0.193. The molecule has 5 rings (SSSR count).